The summed E-state index contributed by atoms with van der Waals surface area (Å²) >= 11 is 0. The van der Waals surface area contributed by atoms with Crippen molar-refractivity contribution in [3.05, 3.63) is 95.1 Å². The number of pyridine rings is 1. The van der Waals surface area contributed by atoms with E-state index in [1.165, 1.54) is 54.7 Å². The number of rotatable bonds is 12. The van der Waals surface area contributed by atoms with Crippen LogP contribution in [-0.2, 0) is 20.7 Å². The molecule has 3 aromatic rings. The van der Waals surface area contributed by atoms with Crippen molar-refractivity contribution >= 4 is 17.7 Å². The number of aromatic nitrogens is 1. The molecule has 4 rings (SSSR count). The fourth-order valence-electron chi connectivity index (χ4n) is 4.98. The number of nitrogens with one attached hydrogen (secondary N) is 3. The van der Waals surface area contributed by atoms with Crippen molar-refractivity contribution in [3.63, 3.8) is 0 Å². The number of hydrogen-bond donors (Lipinski definition) is 4. The highest BCUT2D eigenvalue weighted by molar-refractivity contribution is 5.85. The molecule has 15 heteroatoms. The Hall–Kier alpha value is -4.37. The molecule has 0 unspecified atom stereocenters. The van der Waals surface area contributed by atoms with Crippen molar-refractivity contribution in [1.82, 2.24) is 15.6 Å². The van der Waals surface area contributed by atoms with Crippen LogP contribution in [0.5, 0.6) is 0 Å². The van der Waals surface area contributed by atoms with Crippen molar-refractivity contribution in [2.45, 2.75) is 43.2 Å². The maximum absolute atomic E-state index is 15.1. The molecule has 0 saturated carbocycles. The third kappa shape index (κ3) is 9.81. The number of alkyl carbamates (subject to hydrolysis) is 1. The zero-order chi connectivity index (χ0) is 32.6. The molecule has 2 aromatic carbocycles. The van der Waals surface area contributed by atoms with E-state index in [4.69, 9.17) is 15.2 Å². The maximum atomic E-state index is 15.1. The van der Waals surface area contributed by atoms with E-state index in [0.29, 0.717) is 17.7 Å². The lowest BCUT2D eigenvalue weighted by Gasteiger charge is -2.31. The molecule has 5 N–H and O–H groups in total. The molecular formula is C30H31F6N5O4. The molecule has 1 aromatic heterocycles. The minimum Gasteiger partial charge on any atom is -0.447 e. The molecular weight excluding hydrogens is 608 g/mol. The summed E-state index contributed by atoms with van der Waals surface area (Å²) in [5.41, 5.74) is 7.13. The zero-order valence-electron chi connectivity index (χ0n) is 23.8. The number of morpholine rings is 1. The van der Waals surface area contributed by atoms with Crippen molar-refractivity contribution in [2.24, 2.45) is 5.73 Å². The van der Waals surface area contributed by atoms with Gasteiger partial charge in [-0.2, -0.15) is 13.2 Å². The molecule has 0 aliphatic carbocycles. The number of nitrogens with zero attached hydrogens (tertiary/aromatic N) is 1. The summed E-state index contributed by atoms with van der Waals surface area (Å²) < 4.78 is 90.2. The first-order chi connectivity index (χ1) is 21.4. The number of benzene rings is 2. The Morgan fingerprint density at radius 3 is 2.16 bits per heavy atom. The largest absolute Gasteiger partial charge is 0.447 e. The van der Waals surface area contributed by atoms with Crippen molar-refractivity contribution < 1.29 is 45.4 Å². The molecule has 9 nitrogen and oxygen atoms in total. The van der Waals surface area contributed by atoms with Crippen LogP contribution in [0.25, 0.3) is 0 Å². The number of ether oxygens (including phenoxy) is 2. The number of halogens is 6. The molecule has 0 spiro atoms. The van der Waals surface area contributed by atoms with Crippen LogP contribution in [0.2, 0.25) is 0 Å². The van der Waals surface area contributed by atoms with Crippen LogP contribution in [0.1, 0.15) is 29.0 Å². The van der Waals surface area contributed by atoms with Gasteiger partial charge in [0.25, 0.3) is 0 Å². The Kier molecular flexibility index (Phi) is 11.2. The average molecular weight is 640 g/mol. The Morgan fingerprint density at radius 2 is 1.58 bits per heavy atom. The number of nitrogens with two attached hydrogens (primary N) is 1. The molecule has 1 fully saturated rings. The number of amides is 2. The van der Waals surface area contributed by atoms with E-state index in [0.717, 1.165) is 6.20 Å². The van der Waals surface area contributed by atoms with Gasteiger partial charge in [0.05, 0.1) is 24.2 Å². The highest BCUT2D eigenvalue weighted by Crippen LogP contribution is 2.32. The zero-order valence-corrected chi connectivity index (χ0v) is 23.8. The smallest absolute Gasteiger partial charge is 0.407 e. The van der Waals surface area contributed by atoms with Crippen LogP contribution < -0.4 is 21.7 Å². The first-order valence-electron chi connectivity index (χ1n) is 13.9. The van der Waals surface area contributed by atoms with Crippen LogP contribution >= 0.6 is 0 Å². The molecule has 1 aliphatic rings. The maximum Gasteiger partial charge on any atom is 0.407 e. The van der Waals surface area contributed by atoms with E-state index in [2.05, 4.69) is 15.6 Å². The molecule has 45 heavy (non-hydrogen) atoms. The Bertz CT molecular complexity index is 1400. The summed E-state index contributed by atoms with van der Waals surface area (Å²) in [5, 5.41) is 7.69. The van der Waals surface area contributed by atoms with Crippen molar-refractivity contribution in [2.75, 3.05) is 31.6 Å². The number of primary amides is 1. The van der Waals surface area contributed by atoms with Crippen LogP contribution in [-0.4, -0.2) is 67.7 Å². The van der Waals surface area contributed by atoms with Crippen LogP contribution in [0, 0.1) is 17.5 Å². The SMILES string of the molecule is NC(=O)[C@@H](Nc1cncc(F)c1CC[C@@H]1CNC[C@@H](COC(=O)NCC(F)(F)F)O1)C(c1ccc(F)cc1)c1ccc(F)cc1. The second-order valence-corrected chi connectivity index (χ2v) is 10.4. The number of carbonyl (C=O) groups is 2. The lowest BCUT2D eigenvalue weighted by Crippen LogP contribution is -2.47. The fraction of sp³-hybridized carbons (Fsp3) is 0.367. The van der Waals surface area contributed by atoms with Gasteiger partial charge in [0, 0.05) is 24.6 Å². The van der Waals surface area contributed by atoms with Gasteiger partial charge in [0.1, 0.15) is 42.7 Å². The van der Waals surface area contributed by atoms with E-state index >= 15 is 4.39 Å². The summed E-state index contributed by atoms with van der Waals surface area (Å²) in [6.07, 6.45) is -4.26. The van der Waals surface area contributed by atoms with Crippen LogP contribution in [0.4, 0.5) is 36.8 Å². The minimum absolute atomic E-state index is 0.103. The number of anilines is 1. The van der Waals surface area contributed by atoms with Gasteiger partial charge in [-0.1, -0.05) is 24.3 Å². The van der Waals surface area contributed by atoms with Crippen LogP contribution in [0.3, 0.4) is 0 Å². The minimum atomic E-state index is -4.58. The van der Waals surface area contributed by atoms with E-state index in [-0.39, 0.29) is 37.2 Å². The summed E-state index contributed by atoms with van der Waals surface area (Å²) in [6.45, 7) is -1.20. The van der Waals surface area contributed by atoms with E-state index < -0.39 is 66.3 Å². The average Bonchev–Trinajstić information content (AvgIpc) is 3.00. The summed E-state index contributed by atoms with van der Waals surface area (Å²) in [4.78, 5) is 28.3. The first kappa shape index (κ1) is 33.5. The van der Waals surface area contributed by atoms with Gasteiger partial charge in [-0.15, -0.1) is 0 Å². The third-order valence-electron chi connectivity index (χ3n) is 7.09. The summed E-state index contributed by atoms with van der Waals surface area (Å²) in [6, 6.07) is 9.54. The third-order valence-corrected chi connectivity index (χ3v) is 7.09. The molecule has 0 bridgehead atoms. The van der Waals surface area contributed by atoms with Gasteiger partial charge in [0.15, 0.2) is 0 Å². The quantitative estimate of drug-likeness (QED) is 0.219. The Labute approximate surface area is 254 Å². The molecule has 2 amide bonds. The van der Waals surface area contributed by atoms with E-state index in [1.54, 1.807) is 5.32 Å². The lowest BCUT2D eigenvalue weighted by atomic mass is 9.84. The van der Waals surface area contributed by atoms with Crippen molar-refractivity contribution in [1.29, 1.82) is 0 Å². The molecule has 1 saturated heterocycles. The van der Waals surface area contributed by atoms with Gasteiger partial charge in [0.2, 0.25) is 5.91 Å². The van der Waals surface area contributed by atoms with Crippen molar-refractivity contribution in [3.8, 4) is 0 Å². The summed E-state index contributed by atoms with van der Waals surface area (Å²) in [5.74, 6) is -3.32. The first-order valence-corrected chi connectivity index (χ1v) is 13.9. The van der Waals surface area contributed by atoms with Crippen LogP contribution in [0.15, 0.2) is 60.9 Å². The monoisotopic (exact) mass is 639 g/mol. The number of alkyl halides is 3. The van der Waals surface area contributed by atoms with Gasteiger partial charge in [-0.25, -0.2) is 18.0 Å². The molecule has 242 valence electrons. The summed E-state index contributed by atoms with van der Waals surface area (Å²) in [7, 11) is 0. The number of carbonyl (C=O) groups excluding carboxylic acids is 2. The van der Waals surface area contributed by atoms with Gasteiger partial charge < -0.3 is 31.2 Å². The van der Waals surface area contributed by atoms with E-state index in [1.807, 2.05) is 0 Å². The second kappa shape index (κ2) is 15.1. The topological polar surface area (TPSA) is 128 Å². The Morgan fingerprint density at radius 1 is 0.978 bits per heavy atom. The molecule has 1 aliphatic heterocycles. The second-order valence-electron chi connectivity index (χ2n) is 10.4. The standard InChI is InChI=1S/C30H31F6N5O4/c31-19-5-1-17(2-6-19)26(18-3-7-20(32)8-4-18)27(28(37)42)41-25-14-39-13-24(33)23(25)10-9-21-11-38-12-22(45-21)15-44-29(43)40-16-30(34,35)36/h1-8,13-14,21-22,26-27,38,41H,9-12,15-16H2,(H2,37,42)(H,40,43)/t21-,22+,27+/m1/s1. The van der Waals surface area contributed by atoms with E-state index in [9.17, 15) is 31.5 Å². The molecule has 0 radical (unpaired) electrons. The highest BCUT2D eigenvalue weighted by atomic mass is 19.4. The molecule has 2 heterocycles. The molecule has 3 atom stereocenters. The fourth-order valence-corrected chi connectivity index (χ4v) is 4.98. The van der Waals surface area contributed by atoms with Gasteiger partial charge >= 0.3 is 12.3 Å². The normalized spacial score (nSPS) is 17.5. The highest BCUT2D eigenvalue weighted by Gasteiger charge is 2.32. The number of hydrogen-bond acceptors (Lipinski definition) is 7. The Balaban J connectivity index is 1.47. The predicted octanol–water partition coefficient (Wildman–Crippen LogP) is 4.17. The van der Waals surface area contributed by atoms with Gasteiger partial charge in [-0.3, -0.25) is 9.78 Å². The predicted molar refractivity (Wildman–Crippen MR) is 151 cm³/mol. The lowest BCUT2D eigenvalue weighted by molar-refractivity contribution is -0.124. The van der Waals surface area contributed by atoms with Gasteiger partial charge in [-0.05, 0) is 48.2 Å².